The molecule has 2 N–H and O–H groups in total. The normalized spacial score (nSPS) is 9.68. The Bertz CT molecular complexity index is 646. The molecule has 0 saturated heterocycles. The standard InChI is InChI=1S/C16H17NO4.Li/c1-21-13-4-2-3-11(9-13)7-8-17-12-5-6-15(18)14(10-12)16(19)20;/h2-6,9-10,17-18H,7-8H2,1H3,(H,19,20);/q;+1/p-1. The van der Waals surface area contributed by atoms with Crippen molar-refractivity contribution in [2.24, 2.45) is 0 Å². The van der Waals surface area contributed by atoms with Gasteiger partial charge in [-0.15, -0.1) is 0 Å². The molecule has 0 atom stereocenters. The number of carbonyl (C=O) groups excluding carboxylic acids is 1. The van der Waals surface area contributed by atoms with Crippen LogP contribution in [0, 0.1) is 0 Å². The minimum atomic E-state index is -1.40. The maximum absolute atomic E-state index is 10.8. The van der Waals surface area contributed by atoms with Crippen LogP contribution in [0.1, 0.15) is 15.9 Å². The Morgan fingerprint density at radius 3 is 2.73 bits per heavy atom. The van der Waals surface area contributed by atoms with Crippen LogP contribution in [0.5, 0.6) is 11.5 Å². The smallest absolute Gasteiger partial charge is 0.545 e. The second-order valence-corrected chi connectivity index (χ2v) is 4.55. The van der Waals surface area contributed by atoms with Gasteiger partial charge in [0.15, 0.2) is 0 Å². The van der Waals surface area contributed by atoms with E-state index >= 15 is 0 Å². The van der Waals surface area contributed by atoms with Gasteiger partial charge in [0.2, 0.25) is 0 Å². The molecular formula is C16H16LiNO4. The monoisotopic (exact) mass is 293 g/mol. The summed E-state index contributed by atoms with van der Waals surface area (Å²) >= 11 is 0. The van der Waals surface area contributed by atoms with E-state index in [0.717, 1.165) is 17.7 Å². The SMILES string of the molecule is COc1cccc(CCNc2ccc(O)c(C(=O)[O-])c2)c1.[Li+]. The van der Waals surface area contributed by atoms with E-state index in [9.17, 15) is 15.0 Å². The van der Waals surface area contributed by atoms with Crippen molar-refractivity contribution >= 4 is 11.7 Å². The zero-order valence-electron chi connectivity index (χ0n) is 12.6. The van der Waals surface area contributed by atoms with Gasteiger partial charge >= 0.3 is 18.9 Å². The Balaban J connectivity index is 0.00000242. The minimum Gasteiger partial charge on any atom is -0.545 e. The molecule has 0 bridgehead atoms. The molecule has 6 heteroatoms. The van der Waals surface area contributed by atoms with Crippen LogP contribution in [0.4, 0.5) is 5.69 Å². The summed E-state index contributed by atoms with van der Waals surface area (Å²) in [6.45, 7) is 0.629. The number of anilines is 1. The van der Waals surface area contributed by atoms with Gasteiger partial charge in [0.1, 0.15) is 11.5 Å². The van der Waals surface area contributed by atoms with Gasteiger partial charge in [-0.25, -0.2) is 0 Å². The number of carboxylic acid groups (broad SMARTS) is 1. The molecule has 0 aliphatic rings. The molecule has 2 aromatic rings. The first-order valence-electron chi connectivity index (χ1n) is 6.51. The van der Waals surface area contributed by atoms with E-state index in [0.29, 0.717) is 12.2 Å². The zero-order chi connectivity index (χ0) is 15.2. The third-order valence-electron chi connectivity index (χ3n) is 3.09. The summed E-state index contributed by atoms with van der Waals surface area (Å²) in [4.78, 5) is 10.8. The van der Waals surface area contributed by atoms with E-state index in [2.05, 4.69) is 5.32 Å². The number of nitrogens with one attached hydrogen (secondary N) is 1. The molecule has 0 spiro atoms. The van der Waals surface area contributed by atoms with Crippen molar-refractivity contribution < 1.29 is 38.6 Å². The van der Waals surface area contributed by atoms with Crippen LogP contribution < -0.4 is 34.0 Å². The van der Waals surface area contributed by atoms with Gasteiger partial charge in [0.05, 0.1) is 13.1 Å². The maximum atomic E-state index is 10.8. The van der Waals surface area contributed by atoms with Gasteiger partial charge < -0.3 is 25.1 Å². The summed E-state index contributed by atoms with van der Waals surface area (Å²) in [5.74, 6) is -0.895. The van der Waals surface area contributed by atoms with E-state index in [1.54, 1.807) is 13.2 Å². The van der Waals surface area contributed by atoms with Crippen LogP contribution in [0.25, 0.3) is 0 Å². The van der Waals surface area contributed by atoms with Gasteiger partial charge in [-0.05, 0) is 42.3 Å². The first-order valence-corrected chi connectivity index (χ1v) is 6.51. The summed E-state index contributed by atoms with van der Waals surface area (Å²) in [5, 5.41) is 23.3. The predicted molar refractivity (Wildman–Crippen MR) is 77.6 cm³/mol. The van der Waals surface area contributed by atoms with Crippen LogP contribution in [0.2, 0.25) is 0 Å². The average Bonchev–Trinajstić information content (AvgIpc) is 2.49. The summed E-state index contributed by atoms with van der Waals surface area (Å²) in [5.41, 5.74) is 1.51. The molecule has 5 nitrogen and oxygen atoms in total. The summed E-state index contributed by atoms with van der Waals surface area (Å²) < 4.78 is 5.15. The number of hydrogen-bond acceptors (Lipinski definition) is 5. The van der Waals surface area contributed by atoms with Gasteiger partial charge in [-0.1, -0.05) is 12.1 Å². The number of aromatic hydroxyl groups is 1. The fourth-order valence-corrected chi connectivity index (χ4v) is 1.99. The summed E-state index contributed by atoms with van der Waals surface area (Å²) in [7, 11) is 1.62. The van der Waals surface area contributed by atoms with Crippen LogP contribution >= 0.6 is 0 Å². The van der Waals surface area contributed by atoms with Crippen molar-refractivity contribution in [3.05, 3.63) is 53.6 Å². The third kappa shape index (κ3) is 4.73. The number of rotatable bonds is 6. The first kappa shape index (κ1) is 18.0. The predicted octanol–water partition coefficient (Wildman–Crippen LogP) is -1.58. The van der Waals surface area contributed by atoms with Gasteiger partial charge in [-0.3, -0.25) is 0 Å². The third-order valence-corrected chi connectivity index (χ3v) is 3.09. The number of carboxylic acids is 1. The van der Waals surface area contributed by atoms with E-state index in [1.165, 1.54) is 12.1 Å². The van der Waals surface area contributed by atoms with Gasteiger partial charge in [0, 0.05) is 17.8 Å². The Morgan fingerprint density at radius 2 is 2.05 bits per heavy atom. The molecule has 0 heterocycles. The zero-order valence-corrected chi connectivity index (χ0v) is 12.6. The maximum Gasteiger partial charge on any atom is 1.00 e. The summed E-state index contributed by atoms with van der Waals surface area (Å²) in [6, 6.07) is 12.0. The second-order valence-electron chi connectivity index (χ2n) is 4.55. The van der Waals surface area contributed by atoms with Crippen molar-refractivity contribution in [1.29, 1.82) is 0 Å². The number of methoxy groups -OCH3 is 1. The van der Waals surface area contributed by atoms with Crippen molar-refractivity contribution in [2.45, 2.75) is 6.42 Å². The van der Waals surface area contributed by atoms with E-state index in [-0.39, 0.29) is 30.2 Å². The Morgan fingerprint density at radius 1 is 1.27 bits per heavy atom. The number of aromatic carboxylic acids is 1. The number of hydrogen-bond donors (Lipinski definition) is 2. The molecule has 2 rings (SSSR count). The average molecular weight is 293 g/mol. The van der Waals surface area contributed by atoms with Gasteiger partial charge in [0.25, 0.3) is 0 Å². The second kappa shape index (κ2) is 8.37. The quantitative estimate of drug-likeness (QED) is 0.496. The molecule has 22 heavy (non-hydrogen) atoms. The Kier molecular flexibility index (Phi) is 6.84. The number of ether oxygens (including phenoxy) is 1. The topological polar surface area (TPSA) is 81.6 Å². The molecule has 2 aromatic carbocycles. The van der Waals surface area contributed by atoms with Crippen LogP contribution in [0.15, 0.2) is 42.5 Å². The molecule has 0 aromatic heterocycles. The fraction of sp³-hybridized carbons (Fsp3) is 0.188. The van der Waals surface area contributed by atoms with Crippen molar-refractivity contribution in [2.75, 3.05) is 19.0 Å². The minimum absolute atomic E-state index is 0. The van der Waals surface area contributed by atoms with Gasteiger partial charge in [-0.2, -0.15) is 0 Å². The molecule has 0 aliphatic carbocycles. The fourth-order valence-electron chi connectivity index (χ4n) is 1.99. The van der Waals surface area contributed by atoms with Crippen molar-refractivity contribution in [1.82, 2.24) is 0 Å². The Labute approximate surface area is 141 Å². The van der Waals surface area contributed by atoms with Crippen molar-refractivity contribution in [3.8, 4) is 11.5 Å². The van der Waals surface area contributed by atoms with Crippen LogP contribution in [-0.4, -0.2) is 24.7 Å². The van der Waals surface area contributed by atoms with E-state index in [4.69, 9.17) is 4.74 Å². The largest absolute Gasteiger partial charge is 1.00 e. The number of phenols is 1. The number of benzene rings is 2. The molecule has 0 radical (unpaired) electrons. The molecule has 0 saturated carbocycles. The Hall–Kier alpha value is -2.09. The van der Waals surface area contributed by atoms with Crippen LogP contribution in [0.3, 0.4) is 0 Å². The number of carbonyl (C=O) groups is 1. The summed E-state index contributed by atoms with van der Waals surface area (Å²) in [6.07, 6.45) is 0.763. The molecule has 110 valence electrons. The van der Waals surface area contributed by atoms with Crippen LogP contribution in [-0.2, 0) is 6.42 Å². The van der Waals surface area contributed by atoms with Crippen molar-refractivity contribution in [3.63, 3.8) is 0 Å². The molecule has 0 amide bonds. The first-order chi connectivity index (χ1) is 10.1. The molecular weight excluding hydrogens is 277 g/mol. The molecule has 0 unspecified atom stereocenters. The molecule has 0 fully saturated rings. The molecule has 0 aliphatic heterocycles. The van der Waals surface area contributed by atoms with E-state index < -0.39 is 5.97 Å². The van der Waals surface area contributed by atoms with E-state index in [1.807, 2.05) is 24.3 Å².